The van der Waals surface area contributed by atoms with Gasteiger partial charge < -0.3 is 10.7 Å². The van der Waals surface area contributed by atoms with Crippen molar-refractivity contribution in [1.82, 2.24) is 9.97 Å². The molecule has 0 aliphatic carbocycles. The second-order valence-electron chi connectivity index (χ2n) is 3.26. The van der Waals surface area contributed by atoms with Gasteiger partial charge in [0.05, 0.1) is 0 Å². The number of imidazole rings is 1. The van der Waals surface area contributed by atoms with Crippen LogP contribution in [0.3, 0.4) is 0 Å². The van der Waals surface area contributed by atoms with E-state index in [1.807, 2.05) is 0 Å². The van der Waals surface area contributed by atoms with E-state index in [9.17, 15) is 4.79 Å². The number of rotatable bonds is 3. The Morgan fingerprint density at radius 2 is 2.19 bits per heavy atom. The molecule has 0 aliphatic heterocycles. The molecule has 80 valence electrons. The molecule has 0 atom stereocenters. The number of carbonyl (C=O) groups excluding carboxylic acids is 1. The molecule has 0 fully saturated rings. The van der Waals surface area contributed by atoms with E-state index in [0.29, 0.717) is 17.1 Å². The van der Waals surface area contributed by atoms with Gasteiger partial charge >= 0.3 is 0 Å². The van der Waals surface area contributed by atoms with Crippen molar-refractivity contribution in [2.24, 2.45) is 0 Å². The van der Waals surface area contributed by atoms with Crippen LogP contribution in [0.2, 0.25) is 0 Å². The second-order valence-corrected chi connectivity index (χ2v) is 3.26. The van der Waals surface area contributed by atoms with Crippen LogP contribution in [-0.4, -0.2) is 15.8 Å². The van der Waals surface area contributed by atoms with Gasteiger partial charge in [-0.05, 0) is 24.3 Å². The van der Waals surface area contributed by atoms with Crippen molar-refractivity contribution in [3.05, 3.63) is 54.1 Å². The monoisotopic (exact) mass is 213 g/mol. The fourth-order valence-electron chi connectivity index (χ4n) is 1.33. The Kier molecular flexibility index (Phi) is 2.82. The van der Waals surface area contributed by atoms with Crippen LogP contribution < -0.4 is 5.73 Å². The third kappa shape index (κ3) is 2.17. The number of H-pyrrole nitrogens is 1. The summed E-state index contributed by atoms with van der Waals surface area (Å²) in [5, 5.41) is 0. The van der Waals surface area contributed by atoms with Crippen LogP contribution in [0.5, 0.6) is 0 Å². The number of nitrogen functional groups attached to an aromatic ring is 1. The van der Waals surface area contributed by atoms with Gasteiger partial charge in [-0.25, -0.2) is 4.98 Å². The molecule has 16 heavy (non-hydrogen) atoms. The molecule has 1 aromatic carbocycles. The first-order chi connectivity index (χ1) is 7.77. The van der Waals surface area contributed by atoms with E-state index in [1.54, 1.807) is 42.7 Å². The van der Waals surface area contributed by atoms with Gasteiger partial charge in [-0.1, -0.05) is 12.1 Å². The van der Waals surface area contributed by atoms with Crippen LogP contribution in [0, 0.1) is 0 Å². The van der Waals surface area contributed by atoms with E-state index in [2.05, 4.69) is 9.97 Å². The molecule has 1 heterocycles. The predicted octanol–water partition coefficient (Wildman–Crippen LogP) is 1.89. The SMILES string of the molecule is Nc1ccccc1C(=O)C=Cc1ncc[nH]1. The Labute approximate surface area is 92.8 Å². The number of aromatic nitrogens is 2. The number of nitrogens with zero attached hydrogens (tertiary/aromatic N) is 1. The number of nitrogens with two attached hydrogens (primary N) is 1. The van der Waals surface area contributed by atoms with Crippen LogP contribution in [0.4, 0.5) is 5.69 Å². The summed E-state index contributed by atoms with van der Waals surface area (Å²) in [5.74, 6) is 0.511. The number of benzene rings is 1. The van der Waals surface area contributed by atoms with Crippen molar-refractivity contribution in [2.75, 3.05) is 5.73 Å². The molecular weight excluding hydrogens is 202 g/mol. The molecule has 0 spiro atoms. The van der Waals surface area contributed by atoms with Crippen molar-refractivity contribution < 1.29 is 4.79 Å². The number of nitrogens with one attached hydrogen (secondary N) is 1. The Morgan fingerprint density at radius 1 is 1.38 bits per heavy atom. The first kappa shape index (κ1) is 10.2. The highest BCUT2D eigenvalue weighted by atomic mass is 16.1. The fraction of sp³-hybridized carbons (Fsp3) is 0. The van der Waals surface area contributed by atoms with Crippen molar-refractivity contribution in [3.8, 4) is 0 Å². The number of anilines is 1. The molecule has 1 aromatic heterocycles. The standard InChI is InChI=1S/C12H11N3O/c13-10-4-2-1-3-9(10)11(16)5-6-12-14-7-8-15-12/h1-8H,13H2,(H,14,15). The summed E-state index contributed by atoms with van der Waals surface area (Å²) in [7, 11) is 0. The minimum Gasteiger partial charge on any atom is -0.398 e. The van der Waals surface area contributed by atoms with E-state index in [4.69, 9.17) is 5.73 Å². The lowest BCUT2D eigenvalue weighted by molar-refractivity contribution is 0.104. The van der Waals surface area contributed by atoms with Crippen molar-refractivity contribution >= 4 is 17.5 Å². The summed E-state index contributed by atoms with van der Waals surface area (Å²) < 4.78 is 0. The van der Waals surface area contributed by atoms with Crippen LogP contribution >= 0.6 is 0 Å². The topological polar surface area (TPSA) is 71.8 Å². The first-order valence-electron chi connectivity index (χ1n) is 4.83. The van der Waals surface area contributed by atoms with Crippen LogP contribution in [0.25, 0.3) is 6.08 Å². The quantitative estimate of drug-likeness (QED) is 0.464. The van der Waals surface area contributed by atoms with Crippen LogP contribution in [0.15, 0.2) is 42.7 Å². The van der Waals surface area contributed by atoms with Gasteiger partial charge in [0, 0.05) is 23.6 Å². The van der Waals surface area contributed by atoms with Crippen molar-refractivity contribution in [3.63, 3.8) is 0 Å². The zero-order valence-electron chi connectivity index (χ0n) is 8.55. The minimum atomic E-state index is -0.130. The highest BCUT2D eigenvalue weighted by Crippen LogP contribution is 2.12. The molecule has 2 aromatic rings. The van der Waals surface area contributed by atoms with E-state index in [-0.39, 0.29) is 5.78 Å². The summed E-state index contributed by atoms with van der Waals surface area (Å²) in [6.07, 6.45) is 6.39. The summed E-state index contributed by atoms with van der Waals surface area (Å²) in [4.78, 5) is 18.6. The molecule has 2 rings (SSSR count). The molecule has 0 saturated carbocycles. The number of ketones is 1. The predicted molar refractivity (Wildman–Crippen MR) is 62.8 cm³/mol. The molecule has 0 bridgehead atoms. The largest absolute Gasteiger partial charge is 0.398 e. The lowest BCUT2D eigenvalue weighted by atomic mass is 10.1. The third-order valence-corrected chi connectivity index (χ3v) is 2.14. The van der Waals surface area contributed by atoms with E-state index >= 15 is 0 Å². The van der Waals surface area contributed by atoms with E-state index in [1.165, 1.54) is 6.08 Å². The van der Waals surface area contributed by atoms with Gasteiger partial charge in [-0.15, -0.1) is 0 Å². The molecule has 4 heteroatoms. The van der Waals surface area contributed by atoms with Crippen molar-refractivity contribution in [1.29, 1.82) is 0 Å². The molecule has 4 nitrogen and oxygen atoms in total. The number of carbonyl (C=O) groups is 1. The highest BCUT2D eigenvalue weighted by molar-refractivity contribution is 6.09. The molecule has 0 aliphatic rings. The lowest BCUT2D eigenvalue weighted by Gasteiger charge is -1.99. The zero-order valence-corrected chi connectivity index (χ0v) is 8.55. The lowest BCUT2D eigenvalue weighted by Crippen LogP contribution is -2.00. The maximum Gasteiger partial charge on any atom is 0.188 e. The number of hydrogen-bond donors (Lipinski definition) is 2. The molecule has 0 saturated heterocycles. The van der Waals surface area contributed by atoms with Crippen LogP contribution in [-0.2, 0) is 0 Å². The maximum absolute atomic E-state index is 11.8. The second kappa shape index (κ2) is 4.44. The number of para-hydroxylation sites is 1. The van der Waals surface area contributed by atoms with E-state index < -0.39 is 0 Å². The Morgan fingerprint density at radius 3 is 2.88 bits per heavy atom. The average Bonchev–Trinajstić information content (AvgIpc) is 2.79. The summed E-state index contributed by atoms with van der Waals surface area (Å²) in [5.41, 5.74) is 6.68. The fourth-order valence-corrected chi connectivity index (χ4v) is 1.33. The average molecular weight is 213 g/mol. The number of allylic oxidation sites excluding steroid dienone is 1. The minimum absolute atomic E-state index is 0.130. The Hall–Kier alpha value is -2.36. The molecule has 0 amide bonds. The zero-order chi connectivity index (χ0) is 11.4. The highest BCUT2D eigenvalue weighted by Gasteiger charge is 2.04. The van der Waals surface area contributed by atoms with Crippen molar-refractivity contribution in [2.45, 2.75) is 0 Å². The molecule has 3 N–H and O–H groups in total. The van der Waals surface area contributed by atoms with Gasteiger partial charge in [0.15, 0.2) is 5.78 Å². The summed E-state index contributed by atoms with van der Waals surface area (Å²) >= 11 is 0. The van der Waals surface area contributed by atoms with Crippen LogP contribution in [0.1, 0.15) is 16.2 Å². The maximum atomic E-state index is 11.8. The normalized spacial score (nSPS) is 10.8. The number of aromatic amines is 1. The van der Waals surface area contributed by atoms with Gasteiger partial charge in [-0.2, -0.15) is 0 Å². The Balaban J connectivity index is 2.18. The number of hydrogen-bond acceptors (Lipinski definition) is 3. The van der Waals surface area contributed by atoms with Gasteiger partial charge in [0.1, 0.15) is 5.82 Å². The molecule has 0 unspecified atom stereocenters. The first-order valence-corrected chi connectivity index (χ1v) is 4.83. The molecule has 0 radical (unpaired) electrons. The smallest absolute Gasteiger partial charge is 0.188 e. The van der Waals surface area contributed by atoms with E-state index in [0.717, 1.165) is 0 Å². The Bertz CT molecular complexity index is 515. The summed E-state index contributed by atoms with van der Waals surface area (Å²) in [6.45, 7) is 0. The van der Waals surface area contributed by atoms with Gasteiger partial charge in [0.25, 0.3) is 0 Å². The van der Waals surface area contributed by atoms with Gasteiger partial charge in [0.2, 0.25) is 0 Å². The third-order valence-electron chi connectivity index (χ3n) is 2.14. The molecular formula is C12H11N3O. The summed E-state index contributed by atoms with van der Waals surface area (Å²) in [6, 6.07) is 6.98. The van der Waals surface area contributed by atoms with Gasteiger partial charge in [-0.3, -0.25) is 4.79 Å².